The number of nitrogens with one attached hydrogen (secondary N) is 2. The average molecular weight is 250 g/mol. The normalized spacial score (nSPS) is 19.9. The number of rotatable bonds is 2. The number of piperazine rings is 1. The quantitative estimate of drug-likeness (QED) is 0.698. The minimum absolute atomic E-state index is 0.103. The van der Waals surface area contributed by atoms with E-state index >= 15 is 0 Å². The molecule has 0 radical (unpaired) electrons. The van der Waals surface area contributed by atoms with Crippen LogP contribution in [0.3, 0.4) is 0 Å². The number of aromatic nitrogens is 2. The van der Waals surface area contributed by atoms with Gasteiger partial charge in [-0.25, -0.2) is 0 Å². The second-order valence-corrected chi connectivity index (χ2v) is 4.18. The average Bonchev–Trinajstić information content (AvgIpc) is 2.73. The molecular weight excluding hydrogens is 236 g/mol. The van der Waals surface area contributed by atoms with Crippen LogP contribution in [0.5, 0.6) is 0 Å². The maximum absolute atomic E-state index is 12.3. The number of H-pyrrole nitrogens is 1. The number of nitrogens with zero attached hydrogens (tertiary/aromatic N) is 2. The fourth-order valence-corrected chi connectivity index (χ4v) is 2.01. The molecule has 2 heterocycles. The van der Waals surface area contributed by atoms with Crippen LogP contribution in [-0.4, -0.2) is 45.4 Å². The maximum atomic E-state index is 12.3. The summed E-state index contributed by atoms with van der Waals surface area (Å²) in [5.74, 6) is -1.24. The van der Waals surface area contributed by atoms with Gasteiger partial charge < -0.3 is 4.90 Å². The van der Waals surface area contributed by atoms with Crippen molar-refractivity contribution in [3.8, 4) is 0 Å². The zero-order valence-electron chi connectivity index (χ0n) is 10.2. The van der Waals surface area contributed by atoms with Crippen molar-refractivity contribution < 1.29 is 14.4 Å². The lowest BCUT2D eigenvalue weighted by atomic mass is 10.1. The molecule has 0 saturated carbocycles. The van der Waals surface area contributed by atoms with Crippen LogP contribution in [0.25, 0.3) is 0 Å². The molecule has 0 aromatic carbocycles. The van der Waals surface area contributed by atoms with E-state index in [1.54, 1.807) is 13.8 Å². The molecule has 2 N–H and O–H groups in total. The Morgan fingerprint density at radius 2 is 2.28 bits per heavy atom. The van der Waals surface area contributed by atoms with E-state index in [1.165, 1.54) is 11.1 Å². The van der Waals surface area contributed by atoms with Crippen LogP contribution in [0.4, 0.5) is 0 Å². The van der Waals surface area contributed by atoms with Crippen molar-refractivity contribution in [2.45, 2.75) is 26.3 Å². The highest BCUT2D eigenvalue weighted by atomic mass is 16.2. The van der Waals surface area contributed by atoms with Crippen molar-refractivity contribution >= 4 is 17.7 Å². The van der Waals surface area contributed by atoms with Gasteiger partial charge in [0.15, 0.2) is 0 Å². The van der Waals surface area contributed by atoms with Crippen molar-refractivity contribution in [1.29, 1.82) is 0 Å². The van der Waals surface area contributed by atoms with Gasteiger partial charge in [0, 0.05) is 5.69 Å². The van der Waals surface area contributed by atoms with Gasteiger partial charge in [-0.1, -0.05) is 6.92 Å². The Kier molecular flexibility index (Phi) is 3.14. The van der Waals surface area contributed by atoms with E-state index in [1.807, 2.05) is 0 Å². The summed E-state index contributed by atoms with van der Waals surface area (Å²) >= 11 is 0. The number of hydrogen-bond acceptors (Lipinski definition) is 4. The lowest BCUT2D eigenvalue weighted by Crippen LogP contribution is -2.59. The zero-order chi connectivity index (χ0) is 13.3. The highest BCUT2D eigenvalue weighted by molar-refractivity contribution is 6.07. The van der Waals surface area contributed by atoms with E-state index in [0.717, 1.165) is 0 Å². The van der Waals surface area contributed by atoms with Crippen molar-refractivity contribution in [1.82, 2.24) is 20.4 Å². The molecule has 1 aliphatic heterocycles. The second-order valence-electron chi connectivity index (χ2n) is 4.18. The second kappa shape index (κ2) is 4.59. The van der Waals surface area contributed by atoms with Gasteiger partial charge in [0.1, 0.15) is 12.6 Å². The Labute approximate surface area is 104 Å². The third-order valence-corrected chi connectivity index (χ3v) is 2.96. The molecular formula is C11H14N4O3. The Balaban J connectivity index is 2.30. The number of amides is 3. The molecule has 1 aromatic rings. The molecule has 1 fully saturated rings. The number of carbonyl (C=O) groups excluding carboxylic acids is 3. The Hall–Kier alpha value is -2.18. The number of carbonyl (C=O) groups is 3. The largest absolute Gasteiger partial charge is 0.317 e. The maximum Gasteiger partial charge on any atom is 0.258 e. The molecule has 0 spiro atoms. The number of hydrogen-bond donors (Lipinski definition) is 2. The van der Waals surface area contributed by atoms with E-state index in [2.05, 4.69) is 15.5 Å². The van der Waals surface area contributed by atoms with E-state index in [0.29, 0.717) is 17.7 Å². The Morgan fingerprint density at radius 1 is 1.56 bits per heavy atom. The smallest absolute Gasteiger partial charge is 0.258 e. The van der Waals surface area contributed by atoms with E-state index in [4.69, 9.17) is 0 Å². The molecule has 7 heteroatoms. The van der Waals surface area contributed by atoms with Gasteiger partial charge in [-0.15, -0.1) is 0 Å². The van der Waals surface area contributed by atoms with Gasteiger partial charge in [-0.05, 0) is 13.3 Å². The highest BCUT2D eigenvalue weighted by Gasteiger charge is 2.36. The summed E-state index contributed by atoms with van der Waals surface area (Å²) in [4.78, 5) is 36.6. The minimum atomic E-state index is -0.607. The van der Waals surface area contributed by atoms with Crippen LogP contribution in [0.1, 0.15) is 29.4 Å². The zero-order valence-corrected chi connectivity index (χ0v) is 10.2. The van der Waals surface area contributed by atoms with Crippen LogP contribution < -0.4 is 5.32 Å². The lowest BCUT2D eigenvalue weighted by molar-refractivity contribution is -0.138. The summed E-state index contributed by atoms with van der Waals surface area (Å²) in [6, 6.07) is -0.607. The number of aromatic amines is 1. The van der Waals surface area contributed by atoms with Crippen LogP contribution >= 0.6 is 0 Å². The third kappa shape index (κ3) is 1.99. The van der Waals surface area contributed by atoms with Crippen molar-refractivity contribution in [3.05, 3.63) is 17.5 Å². The fraction of sp³-hybridized carbons (Fsp3) is 0.455. The molecule has 18 heavy (non-hydrogen) atoms. The summed E-state index contributed by atoms with van der Waals surface area (Å²) < 4.78 is 0. The molecule has 1 saturated heterocycles. The molecule has 1 aromatic heterocycles. The SMILES string of the molecule is CCC1C(=O)NC(=O)CN1C(=O)c1cn[nH]c1C. The van der Waals surface area contributed by atoms with E-state index < -0.39 is 17.9 Å². The van der Waals surface area contributed by atoms with Gasteiger partial charge >= 0.3 is 0 Å². The first-order chi connectivity index (χ1) is 8.54. The van der Waals surface area contributed by atoms with Gasteiger partial charge in [0.2, 0.25) is 11.8 Å². The highest BCUT2D eigenvalue weighted by Crippen LogP contribution is 2.15. The van der Waals surface area contributed by atoms with Crippen LogP contribution in [0.2, 0.25) is 0 Å². The Morgan fingerprint density at radius 3 is 2.83 bits per heavy atom. The fourth-order valence-electron chi connectivity index (χ4n) is 2.01. The van der Waals surface area contributed by atoms with Crippen LogP contribution in [0.15, 0.2) is 6.20 Å². The number of imide groups is 1. The monoisotopic (exact) mass is 250 g/mol. The van der Waals surface area contributed by atoms with Crippen molar-refractivity contribution in [2.75, 3.05) is 6.54 Å². The first-order valence-electron chi connectivity index (χ1n) is 5.69. The predicted molar refractivity (Wildman–Crippen MR) is 61.6 cm³/mol. The Bertz CT molecular complexity index is 508. The molecule has 0 bridgehead atoms. The van der Waals surface area contributed by atoms with Crippen molar-refractivity contribution in [2.24, 2.45) is 0 Å². The predicted octanol–water partition coefficient (Wildman–Crippen LogP) is -0.405. The van der Waals surface area contributed by atoms with E-state index in [-0.39, 0.29) is 12.5 Å². The molecule has 0 aliphatic carbocycles. The summed E-state index contributed by atoms with van der Waals surface area (Å²) in [7, 11) is 0. The molecule has 7 nitrogen and oxygen atoms in total. The van der Waals surface area contributed by atoms with Gasteiger partial charge in [-0.3, -0.25) is 24.8 Å². The third-order valence-electron chi connectivity index (χ3n) is 2.96. The summed E-state index contributed by atoms with van der Waals surface area (Å²) in [6.07, 6.45) is 1.86. The topological polar surface area (TPSA) is 95.2 Å². The summed E-state index contributed by atoms with van der Waals surface area (Å²) in [5.41, 5.74) is 1.00. The van der Waals surface area contributed by atoms with Gasteiger partial charge in [0.05, 0.1) is 11.8 Å². The minimum Gasteiger partial charge on any atom is -0.317 e. The molecule has 1 aliphatic rings. The lowest BCUT2D eigenvalue weighted by Gasteiger charge is -2.33. The molecule has 2 rings (SSSR count). The molecule has 1 atom stereocenters. The van der Waals surface area contributed by atoms with Crippen LogP contribution in [-0.2, 0) is 9.59 Å². The summed E-state index contributed by atoms with van der Waals surface area (Å²) in [6.45, 7) is 3.41. The summed E-state index contributed by atoms with van der Waals surface area (Å²) in [5, 5.41) is 8.66. The van der Waals surface area contributed by atoms with Crippen molar-refractivity contribution in [3.63, 3.8) is 0 Å². The first kappa shape index (κ1) is 12.3. The number of aryl methyl sites for hydroxylation is 1. The molecule has 1 unspecified atom stereocenters. The van der Waals surface area contributed by atoms with Gasteiger partial charge in [-0.2, -0.15) is 5.10 Å². The molecule has 96 valence electrons. The van der Waals surface area contributed by atoms with Crippen LogP contribution in [0, 0.1) is 6.92 Å². The standard InChI is InChI=1S/C11H14N4O3/c1-3-8-10(17)13-9(16)5-15(8)11(18)7-4-12-14-6(7)2/h4,8H,3,5H2,1-2H3,(H,12,14)(H,13,16,17). The molecule has 3 amide bonds. The van der Waals surface area contributed by atoms with Gasteiger partial charge in [0.25, 0.3) is 5.91 Å². The van der Waals surface area contributed by atoms with E-state index in [9.17, 15) is 14.4 Å². The first-order valence-corrected chi connectivity index (χ1v) is 5.69.